The molecule has 0 aromatic heterocycles. The van der Waals surface area contributed by atoms with Crippen molar-refractivity contribution in [1.82, 2.24) is 0 Å². The maximum absolute atomic E-state index is 12.2. The highest BCUT2D eigenvalue weighted by Crippen LogP contribution is 2.45. The van der Waals surface area contributed by atoms with Gasteiger partial charge in [-0.05, 0) is 37.5 Å². The molecular formula is C15H26O2. The van der Waals surface area contributed by atoms with E-state index in [-0.39, 0.29) is 17.1 Å². The Bertz CT molecular complexity index is 306. The zero-order valence-corrected chi connectivity index (χ0v) is 11.9. The predicted octanol–water partition coefficient (Wildman–Crippen LogP) is 3.63. The van der Waals surface area contributed by atoms with E-state index in [2.05, 4.69) is 27.7 Å². The van der Waals surface area contributed by atoms with Crippen molar-refractivity contribution < 1.29 is 9.59 Å². The van der Waals surface area contributed by atoms with Crippen molar-refractivity contribution in [3.05, 3.63) is 0 Å². The molecule has 1 saturated carbocycles. The Hall–Kier alpha value is -0.660. The Morgan fingerprint density at radius 1 is 1.41 bits per heavy atom. The molecule has 0 bridgehead atoms. The fourth-order valence-corrected chi connectivity index (χ4v) is 3.06. The van der Waals surface area contributed by atoms with Gasteiger partial charge in [0.2, 0.25) is 0 Å². The molecule has 1 fully saturated rings. The lowest BCUT2D eigenvalue weighted by atomic mass is 9.61. The van der Waals surface area contributed by atoms with Crippen molar-refractivity contribution in [2.75, 3.05) is 0 Å². The average Bonchev–Trinajstić information content (AvgIpc) is 2.20. The number of ketones is 2. The molecule has 17 heavy (non-hydrogen) atoms. The van der Waals surface area contributed by atoms with Gasteiger partial charge >= 0.3 is 0 Å². The number of hydrogen-bond acceptors (Lipinski definition) is 2. The third-order valence-corrected chi connectivity index (χ3v) is 4.69. The van der Waals surface area contributed by atoms with E-state index in [1.54, 1.807) is 6.92 Å². The first-order valence-electron chi connectivity index (χ1n) is 6.80. The fraction of sp³-hybridized carbons (Fsp3) is 0.867. The largest absolute Gasteiger partial charge is 0.300 e. The number of rotatable bonds is 4. The molecular weight excluding hydrogens is 212 g/mol. The van der Waals surface area contributed by atoms with E-state index < -0.39 is 0 Å². The van der Waals surface area contributed by atoms with Gasteiger partial charge in [-0.2, -0.15) is 0 Å². The van der Waals surface area contributed by atoms with E-state index in [0.29, 0.717) is 30.5 Å². The summed E-state index contributed by atoms with van der Waals surface area (Å²) < 4.78 is 0. The molecule has 3 atom stereocenters. The summed E-state index contributed by atoms with van der Waals surface area (Å²) >= 11 is 0. The Morgan fingerprint density at radius 2 is 2.00 bits per heavy atom. The van der Waals surface area contributed by atoms with Crippen LogP contribution in [0.3, 0.4) is 0 Å². The second kappa shape index (κ2) is 5.32. The average molecular weight is 238 g/mol. The van der Waals surface area contributed by atoms with E-state index in [9.17, 15) is 9.59 Å². The summed E-state index contributed by atoms with van der Waals surface area (Å²) in [5, 5.41) is 0. The van der Waals surface area contributed by atoms with E-state index in [4.69, 9.17) is 0 Å². The highest BCUT2D eigenvalue weighted by Gasteiger charge is 2.43. The molecule has 1 aliphatic carbocycles. The number of carbonyl (C=O) groups excluding carboxylic acids is 2. The zero-order valence-electron chi connectivity index (χ0n) is 11.9. The Labute approximate surface area is 105 Å². The second-order valence-corrected chi connectivity index (χ2v) is 6.39. The molecule has 0 amide bonds. The van der Waals surface area contributed by atoms with E-state index >= 15 is 0 Å². The smallest absolute Gasteiger partial charge is 0.139 e. The second-order valence-electron chi connectivity index (χ2n) is 6.39. The third kappa shape index (κ3) is 3.17. The Kier molecular flexibility index (Phi) is 4.51. The van der Waals surface area contributed by atoms with Gasteiger partial charge in [-0.3, -0.25) is 4.79 Å². The van der Waals surface area contributed by atoms with Crippen molar-refractivity contribution in [3.8, 4) is 0 Å². The molecule has 98 valence electrons. The summed E-state index contributed by atoms with van der Waals surface area (Å²) in [6.07, 6.45) is 3.21. The van der Waals surface area contributed by atoms with Crippen molar-refractivity contribution in [2.24, 2.45) is 23.2 Å². The van der Waals surface area contributed by atoms with Crippen LogP contribution in [-0.4, -0.2) is 11.6 Å². The van der Waals surface area contributed by atoms with Crippen LogP contribution < -0.4 is 0 Å². The summed E-state index contributed by atoms with van der Waals surface area (Å²) in [5.74, 6) is 1.99. The van der Waals surface area contributed by atoms with Crippen molar-refractivity contribution in [1.29, 1.82) is 0 Å². The van der Waals surface area contributed by atoms with Crippen LogP contribution in [0.1, 0.15) is 60.3 Å². The normalized spacial score (nSPS) is 31.6. The quantitative estimate of drug-likeness (QED) is 0.749. The minimum absolute atomic E-state index is 0.175. The van der Waals surface area contributed by atoms with E-state index in [0.717, 1.165) is 12.8 Å². The molecule has 2 nitrogen and oxygen atoms in total. The highest BCUT2D eigenvalue weighted by atomic mass is 16.1. The van der Waals surface area contributed by atoms with Crippen LogP contribution in [-0.2, 0) is 9.59 Å². The lowest BCUT2D eigenvalue weighted by Gasteiger charge is -2.42. The molecule has 1 rings (SSSR count). The van der Waals surface area contributed by atoms with E-state index in [1.807, 2.05) is 0 Å². The predicted molar refractivity (Wildman–Crippen MR) is 69.8 cm³/mol. The van der Waals surface area contributed by atoms with Crippen LogP contribution in [0.15, 0.2) is 0 Å². The molecule has 0 aliphatic heterocycles. The van der Waals surface area contributed by atoms with Crippen LogP contribution >= 0.6 is 0 Å². The van der Waals surface area contributed by atoms with Gasteiger partial charge in [0.15, 0.2) is 0 Å². The lowest BCUT2D eigenvalue weighted by molar-refractivity contribution is -0.136. The number of hydrogen-bond donors (Lipinski definition) is 0. The molecule has 0 heterocycles. The van der Waals surface area contributed by atoms with Crippen LogP contribution in [0.4, 0.5) is 0 Å². The number of Topliss-reactive ketones (excluding diaryl/α,β-unsaturated/α-hetero) is 2. The van der Waals surface area contributed by atoms with Gasteiger partial charge in [0.25, 0.3) is 0 Å². The zero-order chi connectivity index (χ0) is 13.2. The van der Waals surface area contributed by atoms with E-state index in [1.165, 1.54) is 0 Å². The fourth-order valence-electron chi connectivity index (χ4n) is 3.06. The van der Waals surface area contributed by atoms with Gasteiger partial charge < -0.3 is 4.79 Å². The molecule has 0 radical (unpaired) electrons. The summed E-state index contributed by atoms with van der Waals surface area (Å²) in [7, 11) is 0. The molecule has 0 spiro atoms. The van der Waals surface area contributed by atoms with Crippen molar-refractivity contribution >= 4 is 11.6 Å². The first kappa shape index (κ1) is 14.4. The third-order valence-electron chi connectivity index (χ3n) is 4.69. The Morgan fingerprint density at radius 3 is 2.47 bits per heavy atom. The summed E-state index contributed by atoms with van der Waals surface area (Å²) in [5.41, 5.74) is -0.279. The maximum atomic E-state index is 12.2. The van der Waals surface area contributed by atoms with Crippen molar-refractivity contribution in [3.63, 3.8) is 0 Å². The van der Waals surface area contributed by atoms with Gasteiger partial charge in [0, 0.05) is 18.3 Å². The summed E-state index contributed by atoms with van der Waals surface area (Å²) in [6, 6.07) is 0. The molecule has 3 unspecified atom stereocenters. The molecule has 1 aliphatic rings. The summed E-state index contributed by atoms with van der Waals surface area (Å²) in [4.78, 5) is 23.4. The summed E-state index contributed by atoms with van der Waals surface area (Å²) in [6.45, 7) is 10.2. The molecule has 0 aromatic rings. The van der Waals surface area contributed by atoms with Gasteiger partial charge in [-0.25, -0.2) is 0 Å². The van der Waals surface area contributed by atoms with Crippen LogP contribution in [0.5, 0.6) is 0 Å². The van der Waals surface area contributed by atoms with Gasteiger partial charge in [-0.1, -0.05) is 27.7 Å². The Balaban J connectivity index is 2.82. The van der Waals surface area contributed by atoms with Crippen LogP contribution in [0, 0.1) is 23.2 Å². The molecule has 2 heteroatoms. The minimum atomic E-state index is -0.279. The first-order chi connectivity index (χ1) is 7.77. The maximum Gasteiger partial charge on any atom is 0.139 e. The van der Waals surface area contributed by atoms with Gasteiger partial charge in [0.05, 0.1) is 0 Å². The SMILES string of the molecule is CC(=O)CC(C)C1(C)CC(C(C)C)CCC1=O. The monoisotopic (exact) mass is 238 g/mol. The molecule has 0 saturated heterocycles. The molecule has 0 aromatic carbocycles. The molecule has 0 N–H and O–H groups in total. The standard InChI is InChI=1S/C15H26O2/c1-10(2)13-6-7-14(17)15(5,9-13)11(3)8-12(4)16/h10-11,13H,6-9H2,1-5H3. The van der Waals surface area contributed by atoms with Gasteiger partial charge in [0.1, 0.15) is 11.6 Å². The first-order valence-corrected chi connectivity index (χ1v) is 6.80. The van der Waals surface area contributed by atoms with Crippen molar-refractivity contribution in [2.45, 2.75) is 60.3 Å². The van der Waals surface area contributed by atoms with Gasteiger partial charge in [-0.15, -0.1) is 0 Å². The number of carbonyl (C=O) groups is 2. The topological polar surface area (TPSA) is 34.1 Å². The highest BCUT2D eigenvalue weighted by molar-refractivity contribution is 5.86. The van der Waals surface area contributed by atoms with Crippen LogP contribution in [0.25, 0.3) is 0 Å². The lowest BCUT2D eigenvalue weighted by Crippen LogP contribution is -2.42. The van der Waals surface area contributed by atoms with Crippen LogP contribution in [0.2, 0.25) is 0 Å². The minimum Gasteiger partial charge on any atom is -0.300 e.